The number of hydrogen-bond donors (Lipinski definition) is 2. The van der Waals surface area contributed by atoms with Crippen molar-refractivity contribution in [3.05, 3.63) is 64.2 Å². The molecule has 8 nitrogen and oxygen atoms in total. The molecule has 0 spiro atoms. The first-order valence-corrected chi connectivity index (χ1v) is 10.2. The fourth-order valence-corrected chi connectivity index (χ4v) is 3.13. The Morgan fingerprint density at radius 2 is 1.67 bits per heavy atom. The van der Waals surface area contributed by atoms with Gasteiger partial charge in [0.1, 0.15) is 0 Å². The number of carbonyl (C=O) groups is 2. The first-order valence-electron chi connectivity index (χ1n) is 10.2. The maximum atomic E-state index is 12.5. The number of nitrogens with one attached hydrogen (secondary N) is 2. The van der Waals surface area contributed by atoms with E-state index in [1.54, 1.807) is 24.3 Å². The molecule has 2 amide bonds. The maximum Gasteiger partial charge on any atom is 0.272 e. The van der Waals surface area contributed by atoms with E-state index >= 15 is 0 Å². The summed E-state index contributed by atoms with van der Waals surface area (Å²) in [6.07, 6.45) is 2.59. The van der Waals surface area contributed by atoms with Crippen LogP contribution in [-0.2, 0) is 4.79 Å². The summed E-state index contributed by atoms with van der Waals surface area (Å²) >= 11 is 0. The van der Waals surface area contributed by atoms with Crippen LogP contribution in [0.1, 0.15) is 43.5 Å². The zero-order chi connectivity index (χ0) is 21.9. The van der Waals surface area contributed by atoms with Crippen LogP contribution in [0.4, 0.5) is 17.1 Å². The number of carbonyl (C=O) groups excluding carboxylic acids is 2. The molecule has 0 atom stereocenters. The molecule has 0 aromatic heterocycles. The molecule has 1 saturated heterocycles. The topological polar surface area (TPSA) is 105 Å². The number of hydrogen-bond acceptors (Lipinski definition) is 5. The Hall–Kier alpha value is -3.26. The van der Waals surface area contributed by atoms with Crippen molar-refractivity contribution >= 4 is 28.9 Å². The molecular formula is C22H28N4O4. The minimum Gasteiger partial charge on any atom is -0.326 e. The quantitative estimate of drug-likeness (QED) is 0.521. The highest BCUT2D eigenvalue weighted by Gasteiger charge is 2.17. The monoisotopic (exact) mass is 412 g/mol. The summed E-state index contributed by atoms with van der Waals surface area (Å²) in [5, 5.41) is 16.6. The highest BCUT2D eigenvalue weighted by Crippen LogP contribution is 2.22. The zero-order valence-electron chi connectivity index (χ0n) is 17.4. The van der Waals surface area contributed by atoms with Gasteiger partial charge in [-0.1, -0.05) is 32.0 Å². The van der Waals surface area contributed by atoms with Crippen LogP contribution in [0, 0.1) is 10.1 Å². The summed E-state index contributed by atoms with van der Waals surface area (Å²) in [7, 11) is 0. The van der Waals surface area contributed by atoms with E-state index in [1.165, 1.54) is 18.2 Å². The number of likely N-dealkylation sites (tertiary alicyclic amines) is 1. The summed E-state index contributed by atoms with van der Waals surface area (Å²) in [6.45, 7) is 6.64. The maximum absolute atomic E-state index is 12.5. The highest BCUT2D eigenvalue weighted by atomic mass is 16.6. The summed E-state index contributed by atoms with van der Waals surface area (Å²) < 4.78 is 0. The van der Waals surface area contributed by atoms with E-state index in [1.807, 2.05) is 19.9 Å². The third-order valence-corrected chi connectivity index (χ3v) is 4.56. The molecule has 1 aliphatic rings. The summed E-state index contributed by atoms with van der Waals surface area (Å²) in [6, 6.07) is 12.7. The van der Waals surface area contributed by atoms with Gasteiger partial charge in [-0.15, -0.1) is 0 Å². The summed E-state index contributed by atoms with van der Waals surface area (Å²) in [4.78, 5) is 37.5. The number of nitrogens with zero attached hydrogens (tertiary/aromatic N) is 2. The molecule has 3 rings (SSSR count). The third kappa shape index (κ3) is 6.97. The van der Waals surface area contributed by atoms with Gasteiger partial charge in [-0.3, -0.25) is 19.7 Å². The van der Waals surface area contributed by atoms with Crippen molar-refractivity contribution in [1.29, 1.82) is 0 Å². The van der Waals surface area contributed by atoms with Crippen LogP contribution in [0.25, 0.3) is 0 Å². The van der Waals surface area contributed by atoms with Crippen LogP contribution >= 0.6 is 0 Å². The first-order chi connectivity index (χ1) is 14.5. The van der Waals surface area contributed by atoms with Crippen molar-refractivity contribution in [3.8, 4) is 0 Å². The Balaban J connectivity index is 0.00000155. The standard InChI is InChI=1S/C20H22N4O4.C2H6/c25-19(8-11-23-9-4-5-10-23)21-17-12-15(13-18(14-17)24(27)28)20(26)22-16-6-2-1-3-7-16;1-2/h1-3,6-7,12-14H,4-5,8-11H2,(H,21,25)(H,22,26);1-2H3. The van der Waals surface area contributed by atoms with E-state index in [0.29, 0.717) is 18.7 Å². The van der Waals surface area contributed by atoms with Gasteiger partial charge in [0.25, 0.3) is 11.6 Å². The van der Waals surface area contributed by atoms with Crippen molar-refractivity contribution in [1.82, 2.24) is 4.90 Å². The number of para-hydroxylation sites is 1. The Kier molecular flexibility index (Phi) is 8.96. The number of rotatable bonds is 7. The van der Waals surface area contributed by atoms with Crippen molar-refractivity contribution in [2.24, 2.45) is 0 Å². The summed E-state index contributed by atoms with van der Waals surface area (Å²) in [5.41, 5.74) is 0.664. The van der Waals surface area contributed by atoms with Gasteiger partial charge in [-0.25, -0.2) is 0 Å². The van der Waals surface area contributed by atoms with Gasteiger partial charge in [0.2, 0.25) is 5.91 Å². The van der Waals surface area contributed by atoms with Crippen molar-refractivity contribution in [2.45, 2.75) is 33.1 Å². The first kappa shape index (κ1) is 23.0. The summed E-state index contributed by atoms with van der Waals surface area (Å²) in [5.74, 6) is -0.718. The lowest BCUT2D eigenvalue weighted by Crippen LogP contribution is -2.25. The third-order valence-electron chi connectivity index (χ3n) is 4.56. The molecule has 0 bridgehead atoms. The Morgan fingerprint density at radius 3 is 2.30 bits per heavy atom. The van der Waals surface area contributed by atoms with Crippen molar-refractivity contribution in [3.63, 3.8) is 0 Å². The number of amides is 2. The zero-order valence-corrected chi connectivity index (χ0v) is 17.4. The lowest BCUT2D eigenvalue weighted by atomic mass is 10.1. The number of non-ortho nitro benzene ring substituents is 1. The predicted molar refractivity (Wildman–Crippen MR) is 118 cm³/mol. The number of nitro groups is 1. The smallest absolute Gasteiger partial charge is 0.272 e. The Bertz CT molecular complexity index is 865. The molecule has 1 aliphatic heterocycles. The fourth-order valence-electron chi connectivity index (χ4n) is 3.13. The molecule has 1 heterocycles. The van der Waals surface area contributed by atoms with E-state index in [-0.39, 0.29) is 22.8 Å². The van der Waals surface area contributed by atoms with E-state index in [9.17, 15) is 19.7 Å². The van der Waals surface area contributed by atoms with Crippen LogP contribution in [0.15, 0.2) is 48.5 Å². The molecule has 160 valence electrons. The SMILES string of the molecule is CC.O=C(CCN1CCCC1)Nc1cc(C(=O)Nc2ccccc2)cc([N+](=O)[O-])c1. The van der Waals surface area contributed by atoms with E-state index in [0.717, 1.165) is 25.9 Å². The molecule has 0 saturated carbocycles. The van der Waals surface area contributed by atoms with Gasteiger partial charge < -0.3 is 15.5 Å². The lowest BCUT2D eigenvalue weighted by molar-refractivity contribution is -0.384. The van der Waals surface area contributed by atoms with Crippen LogP contribution in [0.5, 0.6) is 0 Å². The van der Waals surface area contributed by atoms with E-state index < -0.39 is 10.8 Å². The van der Waals surface area contributed by atoms with Crippen LogP contribution in [0.3, 0.4) is 0 Å². The van der Waals surface area contributed by atoms with E-state index in [4.69, 9.17) is 0 Å². The molecule has 0 aliphatic carbocycles. The van der Waals surface area contributed by atoms with Gasteiger partial charge in [-0.05, 0) is 44.1 Å². The molecule has 0 unspecified atom stereocenters. The molecule has 2 aromatic rings. The van der Waals surface area contributed by atoms with Gasteiger partial charge in [0.15, 0.2) is 0 Å². The molecule has 0 radical (unpaired) electrons. The second-order valence-corrected chi connectivity index (χ2v) is 6.69. The van der Waals surface area contributed by atoms with Gasteiger partial charge in [0, 0.05) is 42.0 Å². The van der Waals surface area contributed by atoms with Crippen LogP contribution in [-0.4, -0.2) is 41.3 Å². The van der Waals surface area contributed by atoms with Gasteiger partial charge >= 0.3 is 0 Å². The molecule has 1 fully saturated rings. The lowest BCUT2D eigenvalue weighted by Gasteiger charge is -2.14. The second kappa shape index (κ2) is 11.7. The second-order valence-electron chi connectivity index (χ2n) is 6.69. The molecule has 8 heteroatoms. The van der Waals surface area contributed by atoms with Gasteiger partial charge in [0.05, 0.1) is 4.92 Å². The van der Waals surface area contributed by atoms with E-state index in [2.05, 4.69) is 15.5 Å². The molecule has 30 heavy (non-hydrogen) atoms. The minimum atomic E-state index is -0.584. The molecule has 2 N–H and O–H groups in total. The van der Waals surface area contributed by atoms with Crippen LogP contribution < -0.4 is 10.6 Å². The number of benzene rings is 2. The number of anilines is 2. The fraction of sp³-hybridized carbons (Fsp3) is 0.364. The normalized spacial score (nSPS) is 13.1. The number of nitro benzene ring substituents is 1. The average Bonchev–Trinajstić information content (AvgIpc) is 3.28. The molecular weight excluding hydrogens is 384 g/mol. The van der Waals surface area contributed by atoms with Crippen LogP contribution in [0.2, 0.25) is 0 Å². The Labute approximate surface area is 176 Å². The average molecular weight is 412 g/mol. The van der Waals surface area contributed by atoms with Crippen molar-refractivity contribution < 1.29 is 14.5 Å². The minimum absolute atomic E-state index is 0.105. The van der Waals surface area contributed by atoms with Gasteiger partial charge in [-0.2, -0.15) is 0 Å². The highest BCUT2D eigenvalue weighted by molar-refractivity contribution is 6.06. The van der Waals surface area contributed by atoms with Crippen molar-refractivity contribution in [2.75, 3.05) is 30.3 Å². The molecule has 2 aromatic carbocycles. The Morgan fingerprint density at radius 1 is 1.00 bits per heavy atom. The largest absolute Gasteiger partial charge is 0.326 e. The predicted octanol–water partition coefficient (Wildman–Crippen LogP) is 4.30.